The van der Waals surface area contributed by atoms with E-state index in [2.05, 4.69) is 11.2 Å². The zero-order valence-corrected chi connectivity index (χ0v) is 15.9. The molecule has 142 valence electrons. The number of nitriles is 1. The van der Waals surface area contributed by atoms with Crippen LogP contribution in [0.2, 0.25) is 0 Å². The number of hydrogen-bond donors (Lipinski definition) is 0. The number of nitrogens with zero attached hydrogens (tertiary/aromatic N) is 5. The Morgan fingerprint density at radius 1 is 1.21 bits per heavy atom. The topological polar surface area (TPSA) is 84.0 Å². The van der Waals surface area contributed by atoms with Gasteiger partial charge < -0.3 is 9.64 Å². The Morgan fingerprint density at radius 3 is 2.68 bits per heavy atom. The zero-order valence-electron chi connectivity index (χ0n) is 15.9. The fourth-order valence-electron chi connectivity index (χ4n) is 3.66. The Labute approximate surface area is 163 Å². The monoisotopic (exact) mass is 375 g/mol. The number of amides is 1. The van der Waals surface area contributed by atoms with Gasteiger partial charge in [-0.15, -0.1) is 0 Å². The quantitative estimate of drug-likeness (QED) is 0.703. The molecule has 3 aromatic rings. The minimum Gasteiger partial charge on any atom is -0.496 e. The Bertz CT molecular complexity index is 1070. The second kappa shape index (κ2) is 7.31. The highest BCUT2D eigenvalue weighted by molar-refractivity contribution is 6.04. The molecule has 0 aliphatic carbocycles. The molecule has 0 saturated carbocycles. The number of likely N-dealkylation sites (tertiary alicyclic amines) is 1. The predicted molar refractivity (Wildman–Crippen MR) is 105 cm³/mol. The average molecular weight is 375 g/mol. The van der Waals surface area contributed by atoms with Gasteiger partial charge in [-0.3, -0.25) is 4.79 Å². The molecule has 0 bridgehead atoms. The van der Waals surface area contributed by atoms with E-state index in [4.69, 9.17) is 15.0 Å². The van der Waals surface area contributed by atoms with E-state index in [9.17, 15) is 4.79 Å². The summed E-state index contributed by atoms with van der Waals surface area (Å²) in [5.74, 6) is 0.677. The number of pyridine rings is 1. The van der Waals surface area contributed by atoms with Crippen molar-refractivity contribution < 1.29 is 9.53 Å². The van der Waals surface area contributed by atoms with Gasteiger partial charge in [-0.1, -0.05) is 12.1 Å². The van der Waals surface area contributed by atoms with Crippen LogP contribution >= 0.6 is 0 Å². The maximum atomic E-state index is 13.0. The highest BCUT2D eigenvalue weighted by atomic mass is 16.5. The Balaban J connectivity index is 1.69. The molecule has 28 heavy (non-hydrogen) atoms. The number of carbonyl (C=O) groups is 1. The normalized spacial score (nSPS) is 14.8. The van der Waals surface area contributed by atoms with E-state index in [0.717, 1.165) is 22.4 Å². The molecule has 1 aromatic carbocycles. The predicted octanol–water partition coefficient (Wildman–Crippen LogP) is 3.02. The third-order valence-electron chi connectivity index (χ3n) is 5.24. The maximum Gasteiger partial charge on any atom is 0.275 e. The van der Waals surface area contributed by atoms with Gasteiger partial charge in [0.25, 0.3) is 5.91 Å². The van der Waals surface area contributed by atoms with Gasteiger partial charge in [0.1, 0.15) is 5.75 Å². The number of carbonyl (C=O) groups excluding carboxylic acids is 1. The van der Waals surface area contributed by atoms with Crippen molar-refractivity contribution in [3.8, 4) is 23.1 Å². The van der Waals surface area contributed by atoms with Gasteiger partial charge in [0.05, 0.1) is 24.3 Å². The number of rotatable bonds is 3. The molecule has 0 atom stereocenters. The molecule has 0 N–H and O–H groups in total. The number of methoxy groups -OCH3 is 1. The van der Waals surface area contributed by atoms with E-state index in [1.165, 1.54) is 0 Å². The lowest BCUT2D eigenvalue weighted by molar-refractivity contribution is 0.0702. The van der Waals surface area contributed by atoms with Crippen LogP contribution in [0.25, 0.3) is 22.3 Å². The summed E-state index contributed by atoms with van der Waals surface area (Å²) in [6, 6.07) is 13.8. The van der Waals surface area contributed by atoms with Crippen LogP contribution in [0.1, 0.15) is 23.3 Å². The number of fused-ring (bicyclic) bond motifs is 1. The van der Waals surface area contributed by atoms with Crippen LogP contribution < -0.4 is 4.74 Å². The molecule has 1 amide bonds. The number of aromatic nitrogens is 3. The van der Waals surface area contributed by atoms with Crippen LogP contribution in [0.3, 0.4) is 0 Å². The van der Waals surface area contributed by atoms with Gasteiger partial charge in [-0.05, 0) is 37.1 Å². The summed E-state index contributed by atoms with van der Waals surface area (Å²) in [4.78, 5) is 19.5. The second-order valence-corrected chi connectivity index (χ2v) is 6.94. The fraction of sp³-hybridized carbons (Fsp3) is 0.333. The van der Waals surface area contributed by atoms with Crippen molar-refractivity contribution >= 4 is 16.9 Å². The van der Waals surface area contributed by atoms with E-state index in [1.54, 1.807) is 23.7 Å². The summed E-state index contributed by atoms with van der Waals surface area (Å²) in [5, 5.41) is 14.2. The van der Waals surface area contributed by atoms with E-state index in [-0.39, 0.29) is 11.8 Å². The van der Waals surface area contributed by atoms with E-state index >= 15 is 0 Å². The Morgan fingerprint density at radius 2 is 1.96 bits per heavy atom. The van der Waals surface area contributed by atoms with E-state index in [1.807, 2.05) is 36.4 Å². The molecule has 7 heteroatoms. The summed E-state index contributed by atoms with van der Waals surface area (Å²) in [7, 11) is 3.42. The Hall–Kier alpha value is -3.40. The molecule has 1 aliphatic rings. The van der Waals surface area contributed by atoms with Crippen molar-refractivity contribution in [1.29, 1.82) is 5.26 Å². The fourth-order valence-corrected chi connectivity index (χ4v) is 3.66. The molecule has 1 aliphatic heterocycles. The highest BCUT2D eigenvalue weighted by Gasteiger charge is 2.27. The molecular formula is C21H21N5O2. The van der Waals surface area contributed by atoms with Crippen LogP contribution in [-0.4, -0.2) is 45.8 Å². The van der Waals surface area contributed by atoms with Crippen molar-refractivity contribution in [1.82, 2.24) is 19.7 Å². The smallest absolute Gasteiger partial charge is 0.275 e. The summed E-state index contributed by atoms with van der Waals surface area (Å²) in [5.41, 5.74) is 2.71. The van der Waals surface area contributed by atoms with Crippen molar-refractivity contribution in [2.75, 3.05) is 20.2 Å². The number of hydrogen-bond acceptors (Lipinski definition) is 5. The van der Waals surface area contributed by atoms with Gasteiger partial charge >= 0.3 is 0 Å². The van der Waals surface area contributed by atoms with Gasteiger partial charge in [0, 0.05) is 31.6 Å². The maximum absolute atomic E-state index is 13.0. The number of aryl methyl sites for hydroxylation is 1. The first-order chi connectivity index (χ1) is 13.6. The lowest BCUT2D eigenvalue weighted by Crippen LogP contribution is -2.38. The molecule has 0 spiro atoms. The average Bonchev–Trinajstić information content (AvgIpc) is 3.09. The molecule has 0 radical (unpaired) electrons. The van der Waals surface area contributed by atoms with Gasteiger partial charge in [0.2, 0.25) is 0 Å². The minimum atomic E-state index is -0.103. The molecular weight excluding hydrogens is 354 g/mol. The highest BCUT2D eigenvalue weighted by Crippen LogP contribution is 2.30. The van der Waals surface area contributed by atoms with E-state index < -0.39 is 0 Å². The lowest BCUT2D eigenvalue weighted by atomic mass is 9.98. The first-order valence-corrected chi connectivity index (χ1v) is 9.28. The summed E-state index contributed by atoms with van der Waals surface area (Å²) in [6.45, 7) is 1.17. The summed E-state index contributed by atoms with van der Waals surface area (Å²) >= 11 is 0. The largest absolute Gasteiger partial charge is 0.496 e. The number of ether oxygens (including phenoxy) is 1. The third kappa shape index (κ3) is 3.07. The molecule has 4 rings (SSSR count). The first kappa shape index (κ1) is 18.0. The standard InChI is InChI=1S/C21H21N5O2/c1-25-20-16(7-8-17(23-20)15-5-3-4-6-18(15)28-2)19(24-25)21(27)26-11-9-14(13-22)10-12-26/h3-8,14H,9-12H2,1-2H3. The van der Waals surface area contributed by atoms with Gasteiger partial charge in [0.15, 0.2) is 11.3 Å². The third-order valence-corrected chi connectivity index (χ3v) is 5.24. The zero-order chi connectivity index (χ0) is 19.7. The van der Waals surface area contributed by atoms with Crippen LogP contribution in [0.15, 0.2) is 36.4 Å². The number of para-hydroxylation sites is 1. The number of piperidine rings is 1. The minimum absolute atomic E-state index is 0.0367. The van der Waals surface area contributed by atoms with Crippen molar-refractivity contribution in [3.63, 3.8) is 0 Å². The molecule has 0 unspecified atom stereocenters. The van der Waals surface area contributed by atoms with Crippen LogP contribution in [-0.2, 0) is 7.05 Å². The summed E-state index contributed by atoms with van der Waals surface area (Å²) in [6.07, 6.45) is 1.42. The summed E-state index contributed by atoms with van der Waals surface area (Å²) < 4.78 is 7.08. The molecule has 2 aromatic heterocycles. The molecule has 1 fully saturated rings. The molecule has 3 heterocycles. The SMILES string of the molecule is COc1ccccc1-c1ccc2c(C(=O)N3CCC(C#N)CC3)nn(C)c2n1. The molecule has 7 nitrogen and oxygen atoms in total. The van der Waals surface area contributed by atoms with Crippen molar-refractivity contribution in [2.24, 2.45) is 13.0 Å². The second-order valence-electron chi connectivity index (χ2n) is 6.94. The van der Waals surface area contributed by atoms with E-state index in [0.29, 0.717) is 37.3 Å². The number of benzene rings is 1. The van der Waals surface area contributed by atoms with Gasteiger partial charge in [-0.2, -0.15) is 10.4 Å². The van der Waals surface area contributed by atoms with Crippen LogP contribution in [0, 0.1) is 17.2 Å². The van der Waals surface area contributed by atoms with Crippen LogP contribution in [0.4, 0.5) is 0 Å². The lowest BCUT2D eigenvalue weighted by Gasteiger charge is -2.28. The van der Waals surface area contributed by atoms with Crippen LogP contribution in [0.5, 0.6) is 5.75 Å². The van der Waals surface area contributed by atoms with Crippen molar-refractivity contribution in [2.45, 2.75) is 12.8 Å². The van der Waals surface area contributed by atoms with Crippen molar-refractivity contribution in [3.05, 3.63) is 42.1 Å². The molecule has 1 saturated heterocycles. The van der Waals surface area contributed by atoms with Gasteiger partial charge in [-0.25, -0.2) is 9.67 Å². The Kier molecular flexibility index (Phi) is 4.70. The first-order valence-electron chi connectivity index (χ1n) is 9.28.